The summed E-state index contributed by atoms with van der Waals surface area (Å²) in [5.41, 5.74) is 0.500. The van der Waals surface area contributed by atoms with Crippen LogP contribution in [0.15, 0.2) is 28.7 Å². The van der Waals surface area contributed by atoms with E-state index in [0.717, 1.165) is 10.8 Å². The van der Waals surface area contributed by atoms with Crippen molar-refractivity contribution >= 4 is 39.5 Å². The molecule has 0 saturated heterocycles. The van der Waals surface area contributed by atoms with Gasteiger partial charge in [0.25, 0.3) is 11.8 Å². The highest BCUT2D eigenvalue weighted by Gasteiger charge is 2.24. The number of amides is 2. The van der Waals surface area contributed by atoms with Crippen LogP contribution in [0.4, 0.5) is 0 Å². The van der Waals surface area contributed by atoms with Gasteiger partial charge in [-0.2, -0.15) is 11.8 Å². The van der Waals surface area contributed by atoms with Crippen molar-refractivity contribution in [2.75, 3.05) is 26.2 Å². The zero-order chi connectivity index (χ0) is 15.8. The summed E-state index contributed by atoms with van der Waals surface area (Å²) in [5, 5.41) is 3.90. The van der Waals surface area contributed by atoms with Gasteiger partial charge in [-0.05, 0) is 46.5 Å². The van der Waals surface area contributed by atoms with Gasteiger partial charge in [-0.1, -0.05) is 12.1 Å². The minimum Gasteiger partial charge on any atom is -0.340 e. The SMILES string of the molecule is CON(C)C(=O)[C@@H](CCSC)NC(=O)c1ccccc1Br. The van der Waals surface area contributed by atoms with E-state index >= 15 is 0 Å². The molecule has 0 heterocycles. The molecule has 0 aliphatic rings. The van der Waals surface area contributed by atoms with Crippen molar-refractivity contribution in [2.45, 2.75) is 12.5 Å². The molecule has 1 aromatic rings. The number of benzene rings is 1. The largest absolute Gasteiger partial charge is 0.340 e. The van der Waals surface area contributed by atoms with Crippen molar-refractivity contribution in [1.29, 1.82) is 0 Å². The van der Waals surface area contributed by atoms with E-state index in [1.165, 1.54) is 14.2 Å². The molecule has 1 atom stereocenters. The maximum Gasteiger partial charge on any atom is 0.268 e. The van der Waals surface area contributed by atoms with Crippen molar-refractivity contribution in [2.24, 2.45) is 0 Å². The fraction of sp³-hybridized carbons (Fsp3) is 0.429. The highest BCUT2D eigenvalue weighted by atomic mass is 79.9. The minimum atomic E-state index is -0.609. The van der Waals surface area contributed by atoms with Gasteiger partial charge < -0.3 is 5.32 Å². The highest BCUT2D eigenvalue weighted by Crippen LogP contribution is 2.16. The standard InChI is InChI=1S/C14H19BrN2O3S/c1-17(20-2)14(19)12(8-9-21-3)16-13(18)10-6-4-5-7-11(10)15/h4-7,12H,8-9H2,1-3H3,(H,16,18)/t12-/m1/s1. The van der Waals surface area contributed by atoms with Gasteiger partial charge in [0, 0.05) is 11.5 Å². The van der Waals surface area contributed by atoms with Gasteiger partial charge in [0.05, 0.1) is 12.7 Å². The average Bonchev–Trinajstić information content (AvgIpc) is 2.50. The number of carbonyl (C=O) groups excluding carboxylic acids is 2. The third kappa shape index (κ3) is 5.33. The number of nitrogens with zero attached hydrogens (tertiary/aromatic N) is 1. The van der Waals surface area contributed by atoms with Crippen LogP contribution in [0.5, 0.6) is 0 Å². The molecule has 0 aliphatic carbocycles. The molecular formula is C14H19BrN2O3S. The first-order valence-electron chi connectivity index (χ1n) is 6.37. The first-order valence-corrected chi connectivity index (χ1v) is 8.56. The fourth-order valence-electron chi connectivity index (χ4n) is 1.68. The Bertz CT molecular complexity index is 499. The van der Waals surface area contributed by atoms with Crippen LogP contribution in [0, 0.1) is 0 Å². The lowest BCUT2D eigenvalue weighted by atomic mass is 10.1. The Morgan fingerprint density at radius 1 is 1.43 bits per heavy atom. The Hall–Kier alpha value is -1.05. The summed E-state index contributed by atoms with van der Waals surface area (Å²) < 4.78 is 0.693. The molecule has 0 aromatic heterocycles. The summed E-state index contributed by atoms with van der Waals surface area (Å²) in [6.07, 6.45) is 2.50. The number of carbonyl (C=O) groups is 2. The molecule has 0 saturated carbocycles. The van der Waals surface area contributed by atoms with Crippen LogP contribution in [0.2, 0.25) is 0 Å². The number of hydroxylamine groups is 2. The zero-order valence-corrected chi connectivity index (χ0v) is 14.7. The van der Waals surface area contributed by atoms with E-state index in [9.17, 15) is 9.59 Å². The van der Waals surface area contributed by atoms with Crippen molar-refractivity contribution in [3.63, 3.8) is 0 Å². The molecule has 21 heavy (non-hydrogen) atoms. The van der Waals surface area contributed by atoms with Crippen LogP contribution in [-0.4, -0.2) is 49.1 Å². The normalized spacial score (nSPS) is 11.8. The maximum absolute atomic E-state index is 12.3. The summed E-state index contributed by atoms with van der Waals surface area (Å²) in [7, 11) is 2.94. The Morgan fingerprint density at radius 2 is 2.10 bits per heavy atom. The molecule has 0 fully saturated rings. The average molecular weight is 375 g/mol. The molecule has 5 nitrogen and oxygen atoms in total. The number of likely N-dealkylation sites (N-methyl/N-ethyl adjacent to an activating group) is 1. The lowest BCUT2D eigenvalue weighted by Gasteiger charge is -2.22. The second-order valence-electron chi connectivity index (χ2n) is 4.31. The number of hydrogen-bond acceptors (Lipinski definition) is 4. The van der Waals surface area contributed by atoms with Crippen molar-refractivity contribution in [3.8, 4) is 0 Å². The van der Waals surface area contributed by atoms with Crippen LogP contribution in [0.25, 0.3) is 0 Å². The monoisotopic (exact) mass is 374 g/mol. The third-order valence-electron chi connectivity index (χ3n) is 2.92. The third-order valence-corrected chi connectivity index (χ3v) is 4.25. The summed E-state index contributed by atoms with van der Waals surface area (Å²) >= 11 is 4.95. The van der Waals surface area contributed by atoms with Crippen LogP contribution in [-0.2, 0) is 9.63 Å². The van der Waals surface area contributed by atoms with Gasteiger partial charge in [0.1, 0.15) is 6.04 Å². The number of halogens is 1. The Labute approximate surface area is 137 Å². The lowest BCUT2D eigenvalue weighted by Crippen LogP contribution is -2.47. The van der Waals surface area contributed by atoms with Gasteiger partial charge in [-0.3, -0.25) is 14.4 Å². The Balaban J connectivity index is 2.83. The molecule has 2 amide bonds. The molecule has 116 valence electrons. The number of thioether (sulfide) groups is 1. The summed E-state index contributed by atoms with van der Waals surface area (Å²) in [5.74, 6) is 0.211. The Morgan fingerprint density at radius 3 is 2.67 bits per heavy atom. The molecule has 0 aliphatic heterocycles. The number of hydrogen-bond donors (Lipinski definition) is 1. The maximum atomic E-state index is 12.3. The predicted octanol–water partition coefficient (Wildman–Crippen LogP) is 2.32. The number of nitrogens with one attached hydrogen (secondary N) is 1. The molecule has 0 unspecified atom stereocenters. The quantitative estimate of drug-likeness (QED) is 0.744. The molecule has 0 radical (unpaired) electrons. The molecular weight excluding hydrogens is 356 g/mol. The minimum absolute atomic E-state index is 0.271. The number of rotatable bonds is 7. The van der Waals surface area contributed by atoms with Gasteiger partial charge in [-0.25, -0.2) is 5.06 Å². The molecule has 0 spiro atoms. The van der Waals surface area contributed by atoms with Gasteiger partial charge in [-0.15, -0.1) is 0 Å². The van der Waals surface area contributed by atoms with Gasteiger partial charge in [0.15, 0.2) is 0 Å². The van der Waals surface area contributed by atoms with Crippen molar-refractivity contribution in [3.05, 3.63) is 34.3 Å². The summed E-state index contributed by atoms with van der Waals surface area (Å²) in [4.78, 5) is 29.4. The van der Waals surface area contributed by atoms with E-state index in [4.69, 9.17) is 4.84 Å². The van der Waals surface area contributed by atoms with Crippen LogP contribution < -0.4 is 5.32 Å². The van der Waals surface area contributed by atoms with E-state index in [0.29, 0.717) is 16.5 Å². The molecule has 7 heteroatoms. The molecule has 1 rings (SSSR count). The zero-order valence-electron chi connectivity index (χ0n) is 12.3. The predicted molar refractivity (Wildman–Crippen MR) is 88.2 cm³/mol. The van der Waals surface area contributed by atoms with Crippen molar-refractivity contribution < 1.29 is 14.4 Å². The van der Waals surface area contributed by atoms with E-state index in [1.807, 2.05) is 12.3 Å². The van der Waals surface area contributed by atoms with E-state index in [-0.39, 0.29) is 11.8 Å². The highest BCUT2D eigenvalue weighted by molar-refractivity contribution is 9.10. The topological polar surface area (TPSA) is 58.6 Å². The van der Waals surface area contributed by atoms with Crippen LogP contribution in [0.3, 0.4) is 0 Å². The van der Waals surface area contributed by atoms with Gasteiger partial charge in [0.2, 0.25) is 0 Å². The summed E-state index contributed by atoms with van der Waals surface area (Å²) in [6, 6.07) is 6.49. The smallest absolute Gasteiger partial charge is 0.268 e. The lowest BCUT2D eigenvalue weighted by molar-refractivity contribution is -0.170. The van der Waals surface area contributed by atoms with E-state index in [1.54, 1.807) is 30.0 Å². The first-order chi connectivity index (χ1) is 10.0. The van der Waals surface area contributed by atoms with Crippen molar-refractivity contribution in [1.82, 2.24) is 10.4 Å². The van der Waals surface area contributed by atoms with Gasteiger partial charge >= 0.3 is 0 Å². The van der Waals surface area contributed by atoms with Crippen LogP contribution in [0.1, 0.15) is 16.8 Å². The second-order valence-corrected chi connectivity index (χ2v) is 6.15. The Kier molecular flexibility index (Phi) is 7.77. The summed E-state index contributed by atoms with van der Waals surface area (Å²) in [6.45, 7) is 0. The molecule has 1 N–H and O–H groups in total. The molecule has 1 aromatic carbocycles. The first kappa shape index (κ1) is 18.0. The van der Waals surface area contributed by atoms with E-state index in [2.05, 4.69) is 21.2 Å². The fourth-order valence-corrected chi connectivity index (χ4v) is 2.62. The second kappa shape index (κ2) is 9.07. The van der Waals surface area contributed by atoms with E-state index < -0.39 is 6.04 Å². The van der Waals surface area contributed by atoms with Crippen LogP contribution >= 0.6 is 27.7 Å². The molecule has 0 bridgehead atoms.